The fraction of sp³-hybridized carbons (Fsp3) is 0.269. The summed E-state index contributed by atoms with van der Waals surface area (Å²) < 4.78 is 31.7. The molecule has 254 valence electrons. The van der Waals surface area contributed by atoms with E-state index in [1.807, 2.05) is 0 Å². The third-order valence-electron chi connectivity index (χ3n) is 6.89. The molecule has 0 unspecified atom stereocenters. The molecular formula is C26H22F3N7O10S2. The fourth-order valence-electron chi connectivity index (χ4n) is 4.68. The number of fused-ring (bicyclic) bond motifs is 1. The van der Waals surface area contributed by atoms with Crippen LogP contribution in [-0.4, -0.2) is 100 Å². The number of carbonyl (C=O) groups excluding carboxylic acids is 3. The molecule has 17 nitrogen and oxygen atoms in total. The average Bonchev–Trinajstić information content (AvgIpc) is 3.60. The number of allylic oxidation sites excluding steroid dienone is 1. The zero-order valence-corrected chi connectivity index (χ0v) is 25.5. The summed E-state index contributed by atoms with van der Waals surface area (Å²) in [6.07, 6.45) is -3.24. The van der Waals surface area contributed by atoms with Gasteiger partial charge in [0.15, 0.2) is 10.8 Å². The molecule has 2 saturated heterocycles. The van der Waals surface area contributed by atoms with Gasteiger partial charge in [0.05, 0.1) is 4.92 Å². The summed E-state index contributed by atoms with van der Waals surface area (Å²) in [5, 5.41) is 43.5. The number of oxime groups is 1. The zero-order chi connectivity index (χ0) is 35.5. The number of amides is 3. The van der Waals surface area contributed by atoms with Crippen molar-refractivity contribution in [3.05, 3.63) is 73.9 Å². The normalized spacial score (nSPS) is 20.1. The van der Waals surface area contributed by atoms with Crippen LogP contribution in [-0.2, 0) is 30.5 Å². The Balaban J connectivity index is 0.000000671. The number of rotatable bonds is 8. The highest BCUT2D eigenvalue weighted by molar-refractivity contribution is 8.00. The number of alkyl halides is 3. The van der Waals surface area contributed by atoms with Gasteiger partial charge < -0.3 is 31.4 Å². The number of nitro groups is 1. The first-order chi connectivity index (χ1) is 22.5. The standard InChI is InChI=1S/C24H21N7O8S2.C2HF3O2/c25-24-26-15(10-41-24)16(28-37)19(32)27-17-21(34)30-18(23(35)36)13(9-40-22(17)30)7-12-5-6-29(20(12)33)8-11-1-3-14(4-2-11)31(38)39;3-2(4,5)1(6)7/h1-4,7,10,17,22,37H,5-6,8-9H2,(H2,25,26)(H,27,32)(H,35,36);(H,6,7)/b12-7+,28-16-;/t17-,22-;/m1./s1. The number of nitrogens with zero attached hydrogens (tertiary/aromatic N) is 5. The highest BCUT2D eigenvalue weighted by Gasteiger charge is 2.54. The number of hydrogen-bond acceptors (Lipinski definition) is 13. The quantitative estimate of drug-likeness (QED) is 0.0650. The first-order valence-electron chi connectivity index (χ1n) is 13.2. The number of non-ortho nitro benzene ring substituents is 1. The molecule has 0 saturated carbocycles. The predicted octanol–water partition coefficient (Wildman–Crippen LogP) is 1.54. The number of aromatic nitrogens is 1. The molecule has 3 aliphatic heterocycles. The van der Waals surface area contributed by atoms with Crippen molar-refractivity contribution in [3.8, 4) is 0 Å². The second-order valence-electron chi connectivity index (χ2n) is 9.93. The van der Waals surface area contributed by atoms with Crippen LogP contribution < -0.4 is 11.1 Å². The van der Waals surface area contributed by atoms with Gasteiger partial charge in [-0.3, -0.25) is 29.4 Å². The number of carbonyl (C=O) groups is 5. The monoisotopic (exact) mass is 713 g/mol. The van der Waals surface area contributed by atoms with Crippen LogP contribution in [0.2, 0.25) is 0 Å². The lowest BCUT2D eigenvalue weighted by atomic mass is 10.0. The highest BCUT2D eigenvalue weighted by Crippen LogP contribution is 2.41. The van der Waals surface area contributed by atoms with Gasteiger partial charge in [-0.1, -0.05) is 17.3 Å². The second kappa shape index (κ2) is 14.1. The summed E-state index contributed by atoms with van der Waals surface area (Å²) in [6, 6.07) is 4.79. The molecule has 4 heterocycles. The summed E-state index contributed by atoms with van der Waals surface area (Å²) in [5.41, 5.74) is 6.18. The van der Waals surface area contributed by atoms with E-state index in [2.05, 4.69) is 15.5 Å². The maximum absolute atomic E-state index is 13.0. The van der Waals surface area contributed by atoms with Crippen LogP contribution in [0.5, 0.6) is 0 Å². The molecule has 2 fully saturated rings. The number of thiazole rings is 1. The Morgan fingerprint density at radius 2 is 1.85 bits per heavy atom. The Morgan fingerprint density at radius 3 is 2.38 bits per heavy atom. The number of carboxylic acid groups (broad SMARTS) is 2. The third-order valence-corrected chi connectivity index (χ3v) is 8.87. The molecule has 3 aliphatic rings. The fourth-order valence-corrected chi connectivity index (χ4v) is 6.53. The number of likely N-dealkylation sites (tertiary alicyclic amines) is 1. The number of nitrogens with one attached hydrogen (secondary N) is 1. The molecule has 0 spiro atoms. The summed E-state index contributed by atoms with van der Waals surface area (Å²) in [4.78, 5) is 76.7. The average molecular weight is 714 g/mol. The van der Waals surface area contributed by atoms with Crippen molar-refractivity contribution in [2.45, 2.75) is 30.6 Å². The number of nitrogens with two attached hydrogens (primary N) is 1. The van der Waals surface area contributed by atoms with Crippen LogP contribution in [0, 0.1) is 10.1 Å². The molecule has 22 heteroatoms. The number of thioether (sulfide) groups is 1. The number of halogens is 3. The van der Waals surface area contributed by atoms with E-state index in [0.717, 1.165) is 16.2 Å². The molecule has 6 N–H and O–H groups in total. The van der Waals surface area contributed by atoms with Gasteiger partial charge in [-0.2, -0.15) is 13.2 Å². The van der Waals surface area contributed by atoms with E-state index in [9.17, 15) is 52.8 Å². The topological polar surface area (TPSA) is 259 Å². The molecule has 0 bridgehead atoms. The largest absolute Gasteiger partial charge is 0.490 e. The molecule has 1 aromatic heterocycles. The van der Waals surface area contributed by atoms with E-state index < -0.39 is 52.0 Å². The molecular weight excluding hydrogens is 691 g/mol. The van der Waals surface area contributed by atoms with Crippen molar-refractivity contribution in [2.75, 3.05) is 18.0 Å². The molecule has 0 radical (unpaired) electrons. The Labute approximate surface area is 274 Å². The lowest BCUT2D eigenvalue weighted by Gasteiger charge is -2.49. The minimum Gasteiger partial charge on any atom is -0.477 e. The van der Waals surface area contributed by atoms with E-state index in [1.165, 1.54) is 35.4 Å². The van der Waals surface area contributed by atoms with Crippen molar-refractivity contribution in [1.29, 1.82) is 0 Å². The maximum Gasteiger partial charge on any atom is 0.490 e. The Kier molecular flexibility index (Phi) is 10.4. The molecule has 1 aromatic carbocycles. The van der Waals surface area contributed by atoms with Crippen LogP contribution in [0.3, 0.4) is 0 Å². The van der Waals surface area contributed by atoms with Crippen molar-refractivity contribution in [2.24, 2.45) is 5.16 Å². The maximum atomic E-state index is 13.0. The van der Waals surface area contributed by atoms with Crippen LogP contribution in [0.15, 0.2) is 57.7 Å². The van der Waals surface area contributed by atoms with Gasteiger partial charge in [-0.05, 0) is 23.6 Å². The number of benzene rings is 1. The third kappa shape index (κ3) is 7.54. The minimum absolute atomic E-state index is 0.0244. The number of β-lactam (4-membered cyclic amide) rings is 1. The highest BCUT2D eigenvalue weighted by atomic mass is 32.2. The van der Waals surface area contributed by atoms with Gasteiger partial charge >= 0.3 is 18.1 Å². The van der Waals surface area contributed by atoms with E-state index in [0.29, 0.717) is 24.1 Å². The number of aliphatic carboxylic acids is 2. The summed E-state index contributed by atoms with van der Waals surface area (Å²) in [5.74, 6) is -5.81. The van der Waals surface area contributed by atoms with Gasteiger partial charge in [0, 0.05) is 41.9 Å². The number of anilines is 1. The molecule has 48 heavy (non-hydrogen) atoms. The lowest BCUT2D eigenvalue weighted by molar-refractivity contribution is -0.384. The summed E-state index contributed by atoms with van der Waals surface area (Å²) >= 11 is 2.25. The zero-order valence-electron chi connectivity index (χ0n) is 23.9. The molecule has 3 amide bonds. The molecule has 5 rings (SSSR count). The van der Waals surface area contributed by atoms with Crippen molar-refractivity contribution in [3.63, 3.8) is 0 Å². The van der Waals surface area contributed by atoms with Crippen molar-refractivity contribution >= 4 is 69.3 Å². The lowest BCUT2D eigenvalue weighted by Crippen LogP contribution is -2.71. The van der Waals surface area contributed by atoms with Crippen LogP contribution in [0.25, 0.3) is 0 Å². The Bertz CT molecular complexity index is 1780. The van der Waals surface area contributed by atoms with Gasteiger partial charge in [0.25, 0.3) is 17.5 Å². The van der Waals surface area contributed by atoms with Crippen LogP contribution >= 0.6 is 23.1 Å². The SMILES string of the molecule is Nc1nc(/C(=N/O)C(=O)N[C@@H]2C(=O)N3C(C(=O)O)=C(/C=C4\CCN(Cc5ccc([N+](=O)[O-])cc5)C4=O)CS[C@H]23)cs1.O=C(O)C(F)(F)F. The Hall–Kier alpha value is -5.51. The minimum atomic E-state index is -5.08. The molecule has 2 atom stereocenters. The van der Waals surface area contributed by atoms with Crippen molar-refractivity contribution in [1.82, 2.24) is 20.1 Å². The smallest absolute Gasteiger partial charge is 0.477 e. The van der Waals surface area contributed by atoms with E-state index in [-0.39, 0.29) is 46.0 Å². The second-order valence-corrected chi connectivity index (χ2v) is 11.9. The van der Waals surface area contributed by atoms with Gasteiger partial charge in [0.1, 0.15) is 22.8 Å². The van der Waals surface area contributed by atoms with E-state index >= 15 is 0 Å². The van der Waals surface area contributed by atoms with Crippen LogP contribution in [0.1, 0.15) is 17.7 Å². The predicted molar refractivity (Wildman–Crippen MR) is 159 cm³/mol. The molecule has 2 aromatic rings. The Morgan fingerprint density at radius 1 is 1.21 bits per heavy atom. The first-order valence-corrected chi connectivity index (χ1v) is 15.1. The van der Waals surface area contributed by atoms with Gasteiger partial charge in [-0.15, -0.1) is 23.1 Å². The first kappa shape index (κ1) is 35.3. The number of carboxylic acids is 2. The van der Waals surface area contributed by atoms with Crippen molar-refractivity contribution < 1.29 is 57.5 Å². The van der Waals surface area contributed by atoms with E-state index in [1.54, 1.807) is 17.0 Å². The summed E-state index contributed by atoms with van der Waals surface area (Å²) in [7, 11) is 0. The number of nitrogen functional groups attached to an aromatic ring is 1. The van der Waals surface area contributed by atoms with Gasteiger partial charge in [0.2, 0.25) is 5.91 Å². The molecule has 0 aliphatic carbocycles. The van der Waals surface area contributed by atoms with Gasteiger partial charge in [-0.25, -0.2) is 14.6 Å². The number of hydrogen-bond donors (Lipinski definition) is 5. The van der Waals surface area contributed by atoms with Crippen LogP contribution in [0.4, 0.5) is 24.0 Å². The summed E-state index contributed by atoms with van der Waals surface area (Å²) in [6.45, 7) is 0.609. The van der Waals surface area contributed by atoms with E-state index in [4.69, 9.17) is 15.6 Å². The number of nitro benzene ring substituents is 1.